The van der Waals surface area contributed by atoms with E-state index in [1.165, 1.54) is 24.8 Å². The zero-order chi connectivity index (χ0) is 16.8. The first-order valence-corrected chi connectivity index (χ1v) is 8.91. The van der Waals surface area contributed by atoms with Crippen molar-refractivity contribution in [3.8, 4) is 0 Å². The third-order valence-electron chi connectivity index (χ3n) is 4.72. The summed E-state index contributed by atoms with van der Waals surface area (Å²) < 4.78 is 0. The van der Waals surface area contributed by atoms with E-state index in [4.69, 9.17) is 0 Å². The summed E-state index contributed by atoms with van der Waals surface area (Å²) in [6, 6.07) is 18.6. The van der Waals surface area contributed by atoms with Gasteiger partial charge in [-0.3, -0.25) is 0 Å². The van der Waals surface area contributed by atoms with E-state index < -0.39 is 0 Å². The standard InChI is InChI=1S/C21H26N2O/c1-16-9-8-12-18(15-16)20(17-10-4-2-5-11-17)23-21(24)22-19-13-6-3-7-14-19/h2,4-5,8-12,15,19-20H,3,6-7,13-14H2,1H3,(H2,22,23,24)/t20-/m0/s1. The predicted octanol–water partition coefficient (Wildman–Crippen LogP) is 4.72. The van der Waals surface area contributed by atoms with Gasteiger partial charge in [0.25, 0.3) is 0 Å². The van der Waals surface area contributed by atoms with Crippen LogP contribution in [0, 0.1) is 6.92 Å². The molecule has 2 amide bonds. The number of nitrogens with one attached hydrogen (secondary N) is 2. The van der Waals surface area contributed by atoms with Gasteiger partial charge in [0.05, 0.1) is 6.04 Å². The van der Waals surface area contributed by atoms with Gasteiger partial charge in [-0.2, -0.15) is 0 Å². The highest BCUT2D eigenvalue weighted by Gasteiger charge is 2.20. The molecule has 1 aliphatic carbocycles. The first-order valence-electron chi connectivity index (χ1n) is 8.91. The highest BCUT2D eigenvalue weighted by molar-refractivity contribution is 5.75. The minimum Gasteiger partial charge on any atom is -0.335 e. The fourth-order valence-electron chi connectivity index (χ4n) is 3.46. The van der Waals surface area contributed by atoms with Crippen LogP contribution >= 0.6 is 0 Å². The van der Waals surface area contributed by atoms with Crippen molar-refractivity contribution in [2.75, 3.05) is 0 Å². The van der Waals surface area contributed by atoms with Crippen LogP contribution in [0.5, 0.6) is 0 Å². The van der Waals surface area contributed by atoms with Gasteiger partial charge in [0.2, 0.25) is 0 Å². The van der Waals surface area contributed by atoms with Crippen molar-refractivity contribution in [1.29, 1.82) is 0 Å². The van der Waals surface area contributed by atoms with Crippen LogP contribution in [-0.4, -0.2) is 12.1 Å². The molecule has 24 heavy (non-hydrogen) atoms. The number of hydrogen-bond acceptors (Lipinski definition) is 1. The number of rotatable bonds is 4. The van der Waals surface area contributed by atoms with Crippen molar-refractivity contribution in [3.05, 3.63) is 71.3 Å². The number of benzene rings is 2. The lowest BCUT2D eigenvalue weighted by atomic mass is 9.95. The lowest BCUT2D eigenvalue weighted by Gasteiger charge is -2.25. The molecule has 1 atom stereocenters. The van der Waals surface area contributed by atoms with Gasteiger partial charge in [-0.1, -0.05) is 79.4 Å². The Bertz CT molecular complexity index is 663. The maximum absolute atomic E-state index is 12.5. The molecule has 0 unspecified atom stereocenters. The minimum atomic E-state index is -0.130. The number of aryl methyl sites for hydroxylation is 1. The molecular formula is C21H26N2O. The van der Waals surface area contributed by atoms with E-state index in [1.54, 1.807) is 0 Å². The van der Waals surface area contributed by atoms with Crippen molar-refractivity contribution < 1.29 is 4.79 Å². The molecule has 2 aromatic carbocycles. The fourth-order valence-corrected chi connectivity index (χ4v) is 3.46. The Labute approximate surface area is 144 Å². The molecule has 2 aromatic rings. The Hall–Kier alpha value is -2.29. The van der Waals surface area contributed by atoms with Crippen molar-refractivity contribution in [1.82, 2.24) is 10.6 Å². The molecular weight excluding hydrogens is 296 g/mol. The van der Waals surface area contributed by atoms with Gasteiger partial charge in [-0.25, -0.2) is 4.79 Å². The number of amides is 2. The highest BCUT2D eigenvalue weighted by atomic mass is 16.2. The molecule has 0 radical (unpaired) electrons. The largest absolute Gasteiger partial charge is 0.335 e. The Balaban J connectivity index is 1.76. The fraction of sp³-hybridized carbons (Fsp3) is 0.381. The van der Waals surface area contributed by atoms with Crippen LogP contribution in [0.3, 0.4) is 0 Å². The lowest BCUT2D eigenvalue weighted by molar-refractivity contribution is 0.230. The third-order valence-corrected chi connectivity index (χ3v) is 4.72. The zero-order valence-electron chi connectivity index (χ0n) is 14.3. The van der Waals surface area contributed by atoms with Crippen LogP contribution in [-0.2, 0) is 0 Å². The van der Waals surface area contributed by atoms with E-state index in [0.717, 1.165) is 24.0 Å². The topological polar surface area (TPSA) is 41.1 Å². The number of carbonyl (C=O) groups is 1. The number of carbonyl (C=O) groups excluding carboxylic acids is 1. The molecule has 1 aliphatic rings. The van der Waals surface area contributed by atoms with Gasteiger partial charge in [0, 0.05) is 6.04 Å². The highest BCUT2D eigenvalue weighted by Crippen LogP contribution is 2.23. The average Bonchev–Trinajstić information content (AvgIpc) is 2.61. The van der Waals surface area contributed by atoms with E-state index >= 15 is 0 Å². The summed E-state index contributed by atoms with van der Waals surface area (Å²) in [5.41, 5.74) is 3.41. The monoisotopic (exact) mass is 322 g/mol. The maximum Gasteiger partial charge on any atom is 0.315 e. The van der Waals surface area contributed by atoms with Gasteiger partial charge in [-0.05, 0) is 30.9 Å². The molecule has 1 saturated carbocycles. The first kappa shape index (κ1) is 16.6. The molecule has 0 aliphatic heterocycles. The molecule has 0 saturated heterocycles. The molecule has 0 heterocycles. The second-order valence-electron chi connectivity index (χ2n) is 6.71. The quantitative estimate of drug-likeness (QED) is 0.840. The summed E-state index contributed by atoms with van der Waals surface area (Å²) in [5.74, 6) is 0. The summed E-state index contributed by atoms with van der Waals surface area (Å²) in [5, 5.41) is 6.33. The maximum atomic E-state index is 12.5. The zero-order valence-corrected chi connectivity index (χ0v) is 14.3. The Kier molecular flexibility index (Phi) is 5.52. The first-order chi connectivity index (χ1) is 11.7. The van der Waals surface area contributed by atoms with Gasteiger partial charge >= 0.3 is 6.03 Å². The average molecular weight is 322 g/mol. The molecule has 3 rings (SSSR count). The van der Waals surface area contributed by atoms with Crippen LogP contribution < -0.4 is 10.6 Å². The lowest BCUT2D eigenvalue weighted by Crippen LogP contribution is -2.44. The normalized spacial score (nSPS) is 16.4. The number of urea groups is 1. The second kappa shape index (κ2) is 8.00. The third kappa shape index (κ3) is 4.38. The number of hydrogen-bond donors (Lipinski definition) is 2. The molecule has 2 N–H and O–H groups in total. The summed E-state index contributed by atoms with van der Waals surface area (Å²) in [6.07, 6.45) is 5.90. The van der Waals surface area contributed by atoms with Gasteiger partial charge < -0.3 is 10.6 Å². The van der Waals surface area contributed by atoms with E-state index in [1.807, 2.05) is 24.3 Å². The molecule has 126 valence electrons. The van der Waals surface area contributed by atoms with Gasteiger partial charge in [0.15, 0.2) is 0 Å². The molecule has 3 nitrogen and oxygen atoms in total. The SMILES string of the molecule is Cc1cccc([C@@H](NC(=O)NC2CCCCC2)c2ccccc2)c1. The Morgan fingerprint density at radius 3 is 2.38 bits per heavy atom. The van der Waals surface area contributed by atoms with Crippen molar-refractivity contribution >= 4 is 6.03 Å². The van der Waals surface area contributed by atoms with Crippen molar-refractivity contribution in [3.63, 3.8) is 0 Å². The molecule has 1 fully saturated rings. The summed E-state index contributed by atoms with van der Waals surface area (Å²) in [6.45, 7) is 2.08. The van der Waals surface area contributed by atoms with Crippen LogP contribution in [0.2, 0.25) is 0 Å². The second-order valence-corrected chi connectivity index (χ2v) is 6.71. The van der Waals surface area contributed by atoms with Crippen molar-refractivity contribution in [2.24, 2.45) is 0 Å². The van der Waals surface area contributed by atoms with Crippen LogP contribution in [0.4, 0.5) is 4.79 Å². The molecule has 0 spiro atoms. The molecule has 0 aromatic heterocycles. The molecule has 3 heteroatoms. The molecule has 0 bridgehead atoms. The smallest absolute Gasteiger partial charge is 0.315 e. The summed E-state index contributed by atoms with van der Waals surface area (Å²) >= 11 is 0. The van der Waals surface area contributed by atoms with E-state index in [9.17, 15) is 4.79 Å². The minimum absolute atomic E-state index is 0.0720. The van der Waals surface area contributed by atoms with Crippen molar-refractivity contribution in [2.45, 2.75) is 51.1 Å². The summed E-state index contributed by atoms with van der Waals surface area (Å²) in [4.78, 5) is 12.5. The van der Waals surface area contributed by atoms with E-state index in [0.29, 0.717) is 6.04 Å². The Morgan fingerprint density at radius 2 is 1.67 bits per heavy atom. The van der Waals surface area contributed by atoms with Gasteiger partial charge in [0.1, 0.15) is 0 Å². The van der Waals surface area contributed by atoms with Gasteiger partial charge in [-0.15, -0.1) is 0 Å². The van der Waals surface area contributed by atoms with E-state index in [2.05, 4.69) is 47.9 Å². The predicted molar refractivity (Wildman–Crippen MR) is 98.0 cm³/mol. The van der Waals surface area contributed by atoms with Crippen LogP contribution in [0.1, 0.15) is 54.8 Å². The Morgan fingerprint density at radius 1 is 0.958 bits per heavy atom. The van der Waals surface area contributed by atoms with Crippen LogP contribution in [0.15, 0.2) is 54.6 Å². The summed E-state index contributed by atoms with van der Waals surface area (Å²) in [7, 11) is 0. The van der Waals surface area contributed by atoms with Crippen LogP contribution in [0.25, 0.3) is 0 Å². The van der Waals surface area contributed by atoms with E-state index in [-0.39, 0.29) is 12.1 Å².